The summed E-state index contributed by atoms with van der Waals surface area (Å²) in [7, 11) is 0. The summed E-state index contributed by atoms with van der Waals surface area (Å²) in [6, 6.07) is 0. The molecule has 0 saturated carbocycles. The SMILES string of the molecule is C/C=C(\C)OCCNCC. The zero-order chi connectivity index (χ0) is 7.82. The summed E-state index contributed by atoms with van der Waals surface area (Å²) in [6.45, 7) is 8.74. The van der Waals surface area contributed by atoms with Gasteiger partial charge in [0.25, 0.3) is 0 Å². The van der Waals surface area contributed by atoms with Gasteiger partial charge in [-0.15, -0.1) is 0 Å². The van der Waals surface area contributed by atoms with E-state index in [0.717, 1.165) is 25.5 Å². The molecule has 0 aromatic carbocycles. The van der Waals surface area contributed by atoms with E-state index < -0.39 is 0 Å². The summed E-state index contributed by atoms with van der Waals surface area (Å²) in [4.78, 5) is 0. The quantitative estimate of drug-likeness (QED) is 0.465. The van der Waals surface area contributed by atoms with Gasteiger partial charge < -0.3 is 10.1 Å². The van der Waals surface area contributed by atoms with Crippen molar-refractivity contribution < 1.29 is 4.74 Å². The number of hydrogen-bond acceptors (Lipinski definition) is 2. The van der Waals surface area contributed by atoms with Crippen molar-refractivity contribution >= 4 is 0 Å². The van der Waals surface area contributed by atoms with Crippen LogP contribution in [0, 0.1) is 0 Å². The molecule has 0 spiro atoms. The number of likely N-dealkylation sites (N-methyl/N-ethyl adjacent to an activating group) is 1. The Morgan fingerprint density at radius 3 is 2.80 bits per heavy atom. The van der Waals surface area contributed by atoms with Crippen LogP contribution in [0.5, 0.6) is 0 Å². The predicted octanol–water partition coefficient (Wildman–Crippen LogP) is 1.54. The molecule has 0 aromatic rings. The number of rotatable bonds is 5. The molecule has 60 valence electrons. The minimum absolute atomic E-state index is 0.768. The maximum Gasteiger partial charge on any atom is 0.100 e. The van der Waals surface area contributed by atoms with E-state index in [1.54, 1.807) is 0 Å². The summed E-state index contributed by atoms with van der Waals surface area (Å²) in [5.41, 5.74) is 0. The van der Waals surface area contributed by atoms with E-state index in [1.807, 2.05) is 19.9 Å². The van der Waals surface area contributed by atoms with Crippen molar-refractivity contribution in [3.63, 3.8) is 0 Å². The molecule has 0 saturated heterocycles. The van der Waals surface area contributed by atoms with Crippen LogP contribution in [0.25, 0.3) is 0 Å². The van der Waals surface area contributed by atoms with Gasteiger partial charge in [-0.25, -0.2) is 0 Å². The molecule has 0 aliphatic carbocycles. The van der Waals surface area contributed by atoms with Crippen molar-refractivity contribution in [1.29, 1.82) is 0 Å². The van der Waals surface area contributed by atoms with E-state index >= 15 is 0 Å². The topological polar surface area (TPSA) is 21.3 Å². The first-order chi connectivity index (χ1) is 4.81. The van der Waals surface area contributed by atoms with Crippen molar-refractivity contribution in [2.45, 2.75) is 20.8 Å². The van der Waals surface area contributed by atoms with Crippen LogP contribution < -0.4 is 5.32 Å². The summed E-state index contributed by atoms with van der Waals surface area (Å²) in [5.74, 6) is 0.998. The molecule has 0 fully saturated rings. The molecule has 0 bridgehead atoms. The average molecular weight is 143 g/mol. The predicted molar refractivity (Wildman–Crippen MR) is 43.9 cm³/mol. The van der Waals surface area contributed by atoms with E-state index in [1.165, 1.54) is 0 Å². The average Bonchev–Trinajstić information content (AvgIpc) is 1.98. The second-order valence-electron chi connectivity index (χ2n) is 2.10. The van der Waals surface area contributed by atoms with Gasteiger partial charge in [0.15, 0.2) is 0 Å². The van der Waals surface area contributed by atoms with Crippen molar-refractivity contribution in [2.24, 2.45) is 0 Å². The Morgan fingerprint density at radius 2 is 2.30 bits per heavy atom. The maximum atomic E-state index is 5.29. The number of ether oxygens (including phenoxy) is 1. The second kappa shape index (κ2) is 6.62. The van der Waals surface area contributed by atoms with E-state index in [4.69, 9.17) is 4.74 Å². The highest BCUT2D eigenvalue weighted by Gasteiger charge is 1.85. The maximum absolute atomic E-state index is 5.29. The van der Waals surface area contributed by atoms with Crippen LogP contribution in [0.4, 0.5) is 0 Å². The summed E-state index contributed by atoms with van der Waals surface area (Å²) in [5, 5.41) is 3.18. The van der Waals surface area contributed by atoms with Gasteiger partial charge in [-0.05, 0) is 20.4 Å². The first kappa shape index (κ1) is 9.50. The summed E-state index contributed by atoms with van der Waals surface area (Å²) >= 11 is 0. The molecular weight excluding hydrogens is 126 g/mol. The minimum atomic E-state index is 0.768. The fourth-order valence-corrected chi connectivity index (χ4v) is 0.544. The van der Waals surface area contributed by atoms with E-state index in [9.17, 15) is 0 Å². The Bertz CT molecular complexity index is 99.4. The summed E-state index contributed by atoms with van der Waals surface area (Å²) in [6.07, 6.45) is 1.96. The van der Waals surface area contributed by atoms with Crippen molar-refractivity contribution in [1.82, 2.24) is 5.32 Å². The Hall–Kier alpha value is -0.500. The van der Waals surface area contributed by atoms with Crippen molar-refractivity contribution in [2.75, 3.05) is 19.7 Å². The van der Waals surface area contributed by atoms with Crippen LogP contribution in [0.3, 0.4) is 0 Å². The molecule has 10 heavy (non-hydrogen) atoms. The van der Waals surface area contributed by atoms with Crippen LogP contribution in [0.2, 0.25) is 0 Å². The highest BCUT2D eigenvalue weighted by Crippen LogP contribution is 1.91. The molecule has 0 amide bonds. The second-order valence-corrected chi connectivity index (χ2v) is 2.10. The molecule has 1 N–H and O–H groups in total. The first-order valence-electron chi connectivity index (χ1n) is 3.77. The molecule has 0 atom stereocenters. The molecule has 0 aromatic heterocycles. The molecule has 0 aliphatic heterocycles. The van der Waals surface area contributed by atoms with Crippen LogP contribution in [-0.4, -0.2) is 19.7 Å². The standard InChI is InChI=1S/C8H17NO/c1-4-8(3)10-7-6-9-5-2/h4,9H,5-7H2,1-3H3/b8-4+. The van der Waals surface area contributed by atoms with Gasteiger partial charge in [0.1, 0.15) is 6.61 Å². The zero-order valence-electron chi connectivity index (χ0n) is 7.11. The Labute approximate surface area is 63.3 Å². The van der Waals surface area contributed by atoms with Crippen molar-refractivity contribution in [3.8, 4) is 0 Å². The molecule has 0 heterocycles. The third-order valence-corrected chi connectivity index (χ3v) is 1.27. The highest BCUT2D eigenvalue weighted by molar-refractivity contribution is 4.83. The van der Waals surface area contributed by atoms with E-state index in [2.05, 4.69) is 12.2 Å². The van der Waals surface area contributed by atoms with E-state index in [0.29, 0.717) is 0 Å². The minimum Gasteiger partial charge on any atom is -0.497 e. The van der Waals surface area contributed by atoms with Gasteiger partial charge >= 0.3 is 0 Å². The lowest BCUT2D eigenvalue weighted by atomic mass is 10.5. The molecule has 2 nitrogen and oxygen atoms in total. The number of nitrogens with one attached hydrogen (secondary N) is 1. The lowest BCUT2D eigenvalue weighted by Gasteiger charge is -2.04. The van der Waals surface area contributed by atoms with Crippen LogP contribution >= 0.6 is 0 Å². The largest absolute Gasteiger partial charge is 0.497 e. The Morgan fingerprint density at radius 1 is 1.60 bits per heavy atom. The fraction of sp³-hybridized carbons (Fsp3) is 0.750. The Kier molecular flexibility index (Phi) is 6.29. The molecule has 2 heteroatoms. The van der Waals surface area contributed by atoms with E-state index in [-0.39, 0.29) is 0 Å². The van der Waals surface area contributed by atoms with Crippen LogP contribution in [-0.2, 0) is 4.74 Å². The molecule has 0 aliphatic rings. The van der Waals surface area contributed by atoms with Crippen molar-refractivity contribution in [3.05, 3.63) is 11.8 Å². The van der Waals surface area contributed by atoms with Crippen LogP contribution in [0.1, 0.15) is 20.8 Å². The lowest BCUT2D eigenvalue weighted by molar-refractivity contribution is 0.214. The normalized spacial score (nSPS) is 11.7. The first-order valence-corrected chi connectivity index (χ1v) is 3.77. The smallest absolute Gasteiger partial charge is 0.100 e. The van der Waals surface area contributed by atoms with Crippen LogP contribution in [0.15, 0.2) is 11.8 Å². The van der Waals surface area contributed by atoms with Gasteiger partial charge in [-0.3, -0.25) is 0 Å². The summed E-state index contributed by atoms with van der Waals surface area (Å²) < 4.78 is 5.29. The van der Waals surface area contributed by atoms with Gasteiger partial charge in [0.2, 0.25) is 0 Å². The monoisotopic (exact) mass is 143 g/mol. The number of hydrogen-bond donors (Lipinski definition) is 1. The number of allylic oxidation sites excluding steroid dienone is 2. The van der Waals surface area contributed by atoms with Gasteiger partial charge in [0, 0.05) is 6.54 Å². The van der Waals surface area contributed by atoms with Gasteiger partial charge in [0.05, 0.1) is 5.76 Å². The molecular formula is C8H17NO. The molecule has 0 unspecified atom stereocenters. The third-order valence-electron chi connectivity index (χ3n) is 1.27. The van der Waals surface area contributed by atoms with Gasteiger partial charge in [-0.2, -0.15) is 0 Å². The molecule has 0 radical (unpaired) electrons. The third kappa shape index (κ3) is 5.63. The fourth-order valence-electron chi connectivity index (χ4n) is 0.544. The molecule has 0 rings (SSSR count). The van der Waals surface area contributed by atoms with Gasteiger partial charge in [-0.1, -0.05) is 13.0 Å². The zero-order valence-corrected chi connectivity index (χ0v) is 7.11. The highest BCUT2D eigenvalue weighted by atomic mass is 16.5. The Balaban J connectivity index is 3.04. The lowest BCUT2D eigenvalue weighted by Crippen LogP contribution is -2.18.